The Morgan fingerprint density at radius 2 is 1.50 bits per heavy atom. The van der Waals surface area contributed by atoms with E-state index in [1.54, 1.807) is 0 Å². The van der Waals surface area contributed by atoms with Gasteiger partial charge in [-0.3, -0.25) is 5.21 Å². The summed E-state index contributed by atoms with van der Waals surface area (Å²) in [5, 5.41) is 6.56. The molecule has 0 atom stereocenters. The summed E-state index contributed by atoms with van der Waals surface area (Å²) >= 11 is 0. The van der Waals surface area contributed by atoms with Gasteiger partial charge in [-0.05, 0) is 0 Å². The van der Waals surface area contributed by atoms with Gasteiger partial charge in [0.25, 0.3) is 0 Å². The van der Waals surface area contributed by atoms with Crippen LogP contribution in [-0.2, 0) is 0 Å². The van der Waals surface area contributed by atoms with Crippen LogP contribution in [0.3, 0.4) is 0 Å². The fourth-order valence-corrected chi connectivity index (χ4v) is 0. The zero-order chi connectivity index (χ0) is 3.58. The molecule has 0 bridgehead atoms. The van der Waals surface area contributed by atoms with E-state index < -0.39 is 5.51 Å². The lowest BCUT2D eigenvalue weighted by atomic mass is 13.3. The maximum Gasteiger partial charge on any atom is 0.157 e. The zero-order valence-corrected chi connectivity index (χ0v) is 1.65. The van der Waals surface area contributed by atoms with Gasteiger partial charge < -0.3 is 0 Å². The Kier molecular flexibility index (Phi) is 1.08. The number of hydrogen-bond donors (Lipinski definition) is 1. The standard InChI is InChI=1S/F2HNO/c1-3(2)4/h4H. The maximum atomic E-state index is 9.72. The maximum absolute atomic E-state index is 9.72. The van der Waals surface area contributed by atoms with E-state index in [4.69, 9.17) is 5.21 Å². The SMILES string of the molecule is ON(F)F. The van der Waals surface area contributed by atoms with Crippen molar-refractivity contribution in [1.29, 1.82) is 0 Å². The highest BCUT2D eigenvalue weighted by Crippen LogP contribution is 1.72. The van der Waals surface area contributed by atoms with Crippen molar-refractivity contribution in [3.05, 3.63) is 0 Å². The molecule has 4 heavy (non-hydrogen) atoms. The minimum Gasteiger partial charge on any atom is -0.258 e. The second-order valence-electron chi connectivity index (χ2n) is 0.215. The van der Waals surface area contributed by atoms with Crippen molar-refractivity contribution in [2.24, 2.45) is 0 Å². The van der Waals surface area contributed by atoms with Gasteiger partial charge in [-0.15, -0.1) is 0 Å². The number of hydrogen-bond acceptors (Lipinski definition) is 2. The predicted octanol–water partition coefficient (Wildman–Crippen LogP) is 0.447. The summed E-state index contributed by atoms with van der Waals surface area (Å²) in [6.45, 7) is 0. The van der Waals surface area contributed by atoms with E-state index in [1.165, 1.54) is 0 Å². The summed E-state index contributed by atoms with van der Waals surface area (Å²) in [4.78, 5) is 0. The van der Waals surface area contributed by atoms with E-state index in [1.807, 2.05) is 0 Å². The van der Waals surface area contributed by atoms with Crippen molar-refractivity contribution in [2.45, 2.75) is 0 Å². The zero-order valence-electron chi connectivity index (χ0n) is 1.65. The molecule has 0 heterocycles. The molecule has 0 amide bonds. The predicted molar refractivity (Wildman–Crippen MR) is 5.84 cm³/mol. The fraction of sp³-hybridized carbons (Fsp3) is 0. The summed E-state index contributed by atoms with van der Waals surface area (Å²) in [6.07, 6.45) is 0. The van der Waals surface area contributed by atoms with Crippen LogP contribution in [0.25, 0.3) is 0 Å². The molecule has 0 aliphatic heterocycles. The van der Waals surface area contributed by atoms with E-state index >= 15 is 0 Å². The van der Waals surface area contributed by atoms with Gasteiger partial charge in [-0.2, -0.15) is 0 Å². The normalized spacial score (nSPS) is 9.00. The molecule has 26 valence electrons. The van der Waals surface area contributed by atoms with Crippen LogP contribution in [0, 0.1) is 0 Å². The Hall–Kier alpha value is -0.220. The molecule has 0 saturated heterocycles. The Bertz CT molecular complexity index is 10.8. The van der Waals surface area contributed by atoms with Crippen molar-refractivity contribution in [1.82, 2.24) is 5.51 Å². The van der Waals surface area contributed by atoms with Gasteiger partial charge in [0.2, 0.25) is 0 Å². The minimum absolute atomic E-state index is 2.00. The molecular formula is HF2NO. The topological polar surface area (TPSA) is 23.5 Å². The van der Waals surface area contributed by atoms with Gasteiger partial charge in [0.1, 0.15) is 0 Å². The molecule has 0 spiro atoms. The van der Waals surface area contributed by atoms with E-state index in [9.17, 15) is 8.96 Å². The molecule has 4 heteroatoms. The van der Waals surface area contributed by atoms with Gasteiger partial charge in [-0.25, -0.2) is 0 Å². The van der Waals surface area contributed by atoms with Crippen LogP contribution >= 0.6 is 0 Å². The molecule has 0 saturated carbocycles. The monoisotopic (exact) mass is 69.0 g/mol. The highest BCUT2D eigenvalue weighted by atomic mass is 19.4. The molecule has 0 aromatic heterocycles. The van der Waals surface area contributed by atoms with Crippen LogP contribution in [0.5, 0.6) is 0 Å². The van der Waals surface area contributed by atoms with Crippen molar-refractivity contribution >= 4 is 0 Å². The Morgan fingerprint density at radius 1 is 1.50 bits per heavy atom. The van der Waals surface area contributed by atoms with Crippen LogP contribution in [-0.4, -0.2) is 10.7 Å². The van der Waals surface area contributed by atoms with E-state index in [2.05, 4.69) is 0 Å². The van der Waals surface area contributed by atoms with Crippen molar-refractivity contribution in [2.75, 3.05) is 0 Å². The second kappa shape index (κ2) is 1.14. The summed E-state index contributed by atoms with van der Waals surface area (Å²) in [5.41, 5.74) is -2.00. The third-order valence-corrected chi connectivity index (χ3v) is 0. The third kappa shape index (κ3) is 22.4. The Morgan fingerprint density at radius 3 is 1.50 bits per heavy atom. The minimum atomic E-state index is -2.00. The first-order valence-corrected chi connectivity index (χ1v) is 0.538. The second-order valence-corrected chi connectivity index (χ2v) is 0.215. The smallest absolute Gasteiger partial charge is 0.157 e. The average Bonchev–Trinajstić information content (AvgIpc) is 0.811. The molecule has 0 radical (unpaired) electrons. The van der Waals surface area contributed by atoms with Crippen LogP contribution in [0.15, 0.2) is 0 Å². The molecule has 0 aromatic rings. The molecule has 0 fully saturated rings. The highest BCUT2D eigenvalue weighted by molar-refractivity contribution is 3.21. The van der Waals surface area contributed by atoms with Crippen LogP contribution < -0.4 is 0 Å². The molecule has 0 unspecified atom stereocenters. The van der Waals surface area contributed by atoms with Crippen molar-refractivity contribution in [3.63, 3.8) is 0 Å². The average molecular weight is 69.0 g/mol. The molecular weight excluding hydrogens is 68.0 g/mol. The molecule has 0 aromatic carbocycles. The van der Waals surface area contributed by atoms with E-state index in [0.717, 1.165) is 0 Å². The summed E-state index contributed by atoms with van der Waals surface area (Å²) in [5.74, 6) is 0. The molecule has 0 aliphatic rings. The highest BCUT2D eigenvalue weighted by Gasteiger charge is 1.75. The first kappa shape index (κ1) is 3.78. The molecule has 0 rings (SSSR count). The molecule has 2 nitrogen and oxygen atoms in total. The lowest BCUT2D eigenvalue weighted by molar-refractivity contribution is -0.362. The lowest BCUT2D eigenvalue weighted by Gasteiger charge is -1.73. The van der Waals surface area contributed by atoms with E-state index in [0.29, 0.717) is 0 Å². The number of halogens is 2. The van der Waals surface area contributed by atoms with Gasteiger partial charge in [0.05, 0.1) is 0 Å². The van der Waals surface area contributed by atoms with Gasteiger partial charge in [0.15, 0.2) is 5.51 Å². The summed E-state index contributed by atoms with van der Waals surface area (Å²) < 4.78 is 19.4. The fourth-order valence-electron chi connectivity index (χ4n) is 0. The first-order valence-electron chi connectivity index (χ1n) is 0.538. The van der Waals surface area contributed by atoms with Gasteiger partial charge in [-0.1, -0.05) is 8.96 Å². The quantitative estimate of drug-likeness (QED) is 0.329. The van der Waals surface area contributed by atoms with Crippen LogP contribution in [0.2, 0.25) is 0 Å². The lowest BCUT2D eigenvalue weighted by Crippen LogP contribution is -1.84. The van der Waals surface area contributed by atoms with E-state index in [-0.39, 0.29) is 0 Å². The molecule has 1 N–H and O–H groups in total. The third-order valence-electron chi connectivity index (χ3n) is 0. The largest absolute Gasteiger partial charge is 0.258 e. The van der Waals surface area contributed by atoms with Gasteiger partial charge >= 0.3 is 0 Å². The van der Waals surface area contributed by atoms with Crippen molar-refractivity contribution < 1.29 is 14.2 Å². The number of nitrogens with zero attached hydrogens (tertiary/aromatic N) is 1. The Balaban J connectivity index is 2.32. The number of rotatable bonds is 0. The van der Waals surface area contributed by atoms with Crippen LogP contribution in [0.4, 0.5) is 8.96 Å². The summed E-state index contributed by atoms with van der Waals surface area (Å²) in [6, 6.07) is 0. The summed E-state index contributed by atoms with van der Waals surface area (Å²) in [7, 11) is 0. The molecule has 0 aliphatic carbocycles. The first-order chi connectivity index (χ1) is 1.73. The van der Waals surface area contributed by atoms with Crippen LogP contribution in [0.1, 0.15) is 0 Å². The van der Waals surface area contributed by atoms with Crippen molar-refractivity contribution in [3.8, 4) is 0 Å². The van der Waals surface area contributed by atoms with Gasteiger partial charge in [0, 0.05) is 0 Å². The Labute approximate surface area is 21.1 Å².